The molecule has 0 saturated carbocycles. The minimum Gasteiger partial charge on any atom is -0.378 e. The summed E-state index contributed by atoms with van der Waals surface area (Å²) < 4.78 is 6.55. The predicted molar refractivity (Wildman–Crippen MR) is 103 cm³/mol. The summed E-state index contributed by atoms with van der Waals surface area (Å²) in [6.07, 6.45) is 4.16. The Bertz CT molecular complexity index is 867. The van der Waals surface area contributed by atoms with Gasteiger partial charge in [-0.05, 0) is 42.0 Å². The summed E-state index contributed by atoms with van der Waals surface area (Å²) in [4.78, 5) is 6.96. The van der Waals surface area contributed by atoms with E-state index in [9.17, 15) is 0 Å². The maximum atomic E-state index is 6.01. The normalized spacial score (nSPS) is 15.5. The molecule has 2 heterocycles. The lowest BCUT2D eigenvalue weighted by atomic mass is 10.2. The molecule has 1 saturated heterocycles. The van der Waals surface area contributed by atoms with Gasteiger partial charge in [0, 0.05) is 23.8 Å². The molecule has 1 aromatic heterocycles. The van der Waals surface area contributed by atoms with Crippen LogP contribution in [0.4, 0.5) is 5.69 Å². The van der Waals surface area contributed by atoms with Crippen molar-refractivity contribution >= 4 is 51.0 Å². The summed E-state index contributed by atoms with van der Waals surface area (Å²) in [5.74, 6) is 0. The number of benzene rings is 2. The van der Waals surface area contributed by atoms with Crippen LogP contribution in [0, 0.1) is 0 Å². The third-order valence-electron chi connectivity index (χ3n) is 4.05. The van der Waals surface area contributed by atoms with Gasteiger partial charge in [0.05, 0.1) is 23.4 Å². The van der Waals surface area contributed by atoms with Crippen LogP contribution in [0.5, 0.6) is 0 Å². The van der Waals surface area contributed by atoms with Gasteiger partial charge in [-0.2, -0.15) is 0 Å². The van der Waals surface area contributed by atoms with E-state index in [2.05, 4.69) is 46.3 Å². The van der Waals surface area contributed by atoms with Gasteiger partial charge in [-0.15, -0.1) is 11.3 Å². The molecule has 0 amide bonds. The second-order valence-corrected chi connectivity index (χ2v) is 7.19. The van der Waals surface area contributed by atoms with Crippen molar-refractivity contribution in [2.75, 3.05) is 31.2 Å². The summed E-state index contributed by atoms with van der Waals surface area (Å²) in [5, 5.41) is 1.71. The molecule has 24 heavy (non-hydrogen) atoms. The van der Waals surface area contributed by atoms with Crippen LogP contribution < -0.4 is 4.90 Å². The Kier molecular flexibility index (Phi) is 4.52. The van der Waals surface area contributed by atoms with Gasteiger partial charge in [-0.3, -0.25) is 0 Å². The van der Waals surface area contributed by atoms with Gasteiger partial charge < -0.3 is 9.64 Å². The molecular formula is C19H17ClN2OS. The number of fused-ring (bicyclic) bond motifs is 1. The smallest absolute Gasteiger partial charge is 0.117 e. The average molecular weight is 357 g/mol. The Morgan fingerprint density at radius 2 is 1.83 bits per heavy atom. The highest BCUT2D eigenvalue weighted by Crippen LogP contribution is 2.26. The zero-order chi connectivity index (χ0) is 16.4. The van der Waals surface area contributed by atoms with Crippen LogP contribution in [-0.2, 0) is 4.74 Å². The number of aromatic nitrogens is 1. The fourth-order valence-corrected chi connectivity index (χ4v) is 3.79. The van der Waals surface area contributed by atoms with Crippen molar-refractivity contribution in [3.05, 3.63) is 58.1 Å². The first kappa shape index (κ1) is 15.6. The highest BCUT2D eigenvalue weighted by atomic mass is 35.5. The minimum atomic E-state index is 0.724. The van der Waals surface area contributed by atoms with Gasteiger partial charge in [0.2, 0.25) is 0 Å². The molecule has 3 nitrogen and oxygen atoms in total. The van der Waals surface area contributed by atoms with E-state index in [1.807, 2.05) is 18.2 Å². The number of hydrogen-bond donors (Lipinski definition) is 0. The number of morpholine rings is 1. The van der Waals surface area contributed by atoms with E-state index in [4.69, 9.17) is 16.3 Å². The second-order valence-electron chi connectivity index (χ2n) is 5.69. The number of anilines is 1. The van der Waals surface area contributed by atoms with Gasteiger partial charge in [0.25, 0.3) is 0 Å². The lowest BCUT2D eigenvalue weighted by Crippen LogP contribution is -2.36. The summed E-state index contributed by atoms with van der Waals surface area (Å²) >= 11 is 7.69. The van der Waals surface area contributed by atoms with Gasteiger partial charge in [-0.1, -0.05) is 29.8 Å². The predicted octanol–water partition coefficient (Wildman–Crippen LogP) is 4.96. The van der Waals surface area contributed by atoms with E-state index in [0.29, 0.717) is 0 Å². The van der Waals surface area contributed by atoms with Crippen LogP contribution in [0.1, 0.15) is 10.6 Å². The molecule has 1 fully saturated rings. The van der Waals surface area contributed by atoms with Crippen molar-refractivity contribution in [2.45, 2.75) is 0 Å². The zero-order valence-corrected chi connectivity index (χ0v) is 14.7. The fourth-order valence-electron chi connectivity index (χ4n) is 2.78. The quantitative estimate of drug-likeness (QED) is 0.663. The molecule has 0 radical (unpaired) electrons. The number of rotatable bonds is 3. The Morgan fingerprint density at radius 3 is 2.62 bits per heavy atom. The Balaban J connectivity index is 1.50. The van der Waals surface area contributed by atoms with Crippen LogP contribution in [0.2, 0.25) is 5.02 Å². The largest absolute Gasteiger partial charge is 0.378 e. The molecule has 1 aliphatic heterocycles. The van der Waals surface area contributed by atoms with Gasteiger partial charge in [0.15, 0.2) is 0 Å². The van der Waals surface area contributed by atoms with Crippen molar-refractivity contribution in [1.82, 2.24) is 4.98 Å². The molecule has 0 spiro atoms. The highest BCUT2D eigenvalue weighted by molar-refractivity contribution is 7.19. The Labute approximate surface area is 150 Å². The van der Waals surface area contributed by atoms with E-state index < -0.39 is 0 Å². The Morgan fingerprint density at radius 1 is 1.04 bits per heavy atom. The zero-order valence-electron chi connectivity index (χ0n) is 13.1. The standard InChI is InChI=1S/C19H17ClN2OS/c20-15-4-7-18-17(13-15)21-19(24-18)8-3-14-1-5-16(6-2-14)22-9-11-23-12-10-22/h1-8,13H,9-12H2/b8-3+. The molecule has 0 N–H and O–H groups in total. The molecular weight excluding hydrogens is 340 g/mol. The summed E-state index contributed by atoms with van der Waals surface area (Å²) in [5.41, 5.74) is 3.38. The van der Waals surface area contributed by atoms with Crippen molar-refractivity contribution in [2.24, 2.45) is 0 Å². The number of nitrogens with zero attached hydrogens (tertiary/aromatic N) is 2. The maximum absolute atomic E-state index is 6.01. The molecule has 2 aromatic carbocycles. The first-order valence-electron chi connectivity index (χ1n) is 7.95. The van der Waals surface area contributed by atoms with Crippen molar-refractivity contribution in [1.29, 1.82) is 0 Å². The first-order valence-corrected chi connectivity index (χ1v) is 9.14. The van der Waals surface area contributed by atoms with Crippen LogP contribution in [0.25, 0.3) is 22.4 Å². The van der Waals surface area contributed by atoms with Crippen LogP contribution >= 0.6 is 22.9 Å². The van der Waals surface area contributed by atoms with Crippen molar-refractivity contribution in [3.8, 4) is 0 Å². The molecule has 1 aliphatic rings. The monoisotopic (exact) mass is 356 g/mol. The molecule has 3 aromatic rings. The minimum absolute atomic E-state index is 0.724. The van der Waals surface area contributed by atoms with Crippen LogP contribution in [0.15, 0.2) is 42.5 Å². The third-order valence-corrected chi connectivity index (χ3v) is 5.29. The molecule has 0 aliphatic carbocycles. The van der Waals surface area contributed by atoms with E-state index in [0.717, 1.165) is 46.6 Å². The molecule has 0 unspecified atom stereocenters. The van der Waals surface area contributed by atoms with Crippen molar-refractivity contribution < 1.29 is 4.74 Å². The van der Waals surface area contributed by atoms with Gasteiger partial charge in [0.1, 0.15) is 5.01 Å². The molecule has 4 rings (SSSR count). The maximum Gasteiger partial charge on any atom is 0.117 e. The lowest BCUT2D eigenvalue weighted by Gasteiger charge is -2.28. The third kappa shape index (κ3) is 3.46. The summed E-state index contributed by atoms with van der Waals surface area (Å²) in [6.45, 7) is 3.54. The summed E-state index contributed by atoms with van der Waals surface area (Å²) in [7, 11) is 0. The van der Waals surface area contributed by atoms with Gasteiger partial charge >= 0.3 is 0 Å². The fraction of sp³-hybridized carbons (Fsp3) is 0.211. The number of thiazole rings is 1. The van der Waals surface area contributed by atoms with E-state index in [-0.39, 0.29) is 0 Å². The topological polar surface area (TPSA) is 25.4 Å². The summed E-state index contributed by atoms with van der Waals surface area (Å²) in [6, 6.07) is 14.5. The molecule has 122 valence electrons. The second kappa shape index (κ2) is 6.93. The molecule has 0 atom stereocenters. The van der Waals surface area contributed by atoms with Gasteiger partial charge in [-0.25, -0.2) is 4.98 Å². The SMILES string of the molecule is Clc1ccc2sc(/C=C/c3ccc(N4CCOCC4)cc3)nc2c1. The first-order chi connectivity index (χ1) is 11.8. The number of halogens is 1. The molecule has 5 heteroatoms. The Hall–Kier alpha value is -1.88. The van der Waals surface area contributed by atoms with Crippen LogP contribution in [0.3, 0.4) is 0 Å². The van der Waals surface area contributed by atoms with E-state index in [1.54, 1.807) is 11.3 Å². The van der Waals surface area contributed by atoms with Crippen molar-refractivity contribution in [3.63, 3.8) is 0 Å². The highest BCUT2D eigenvalue weighted by Gasteiger charge is 2.10. The number of hydrogen-bond acceptors (Lipinski definition) is 4. The van der Waals surface area contributed by atoms with E-state index in [1.165, 1.54) is 11.3 Å². The molecule has 0 bridgehead atoms. The van der Waals surface area contributed by atoms with Crippen LogP contribution in [-0.4, -0.2) is 31.3 Å². The number of ether oxygens (including phenoxy) is 1. The lowest BCUT2D eigenvalue weighted by molar-refractivity contribution is 0.122. The van der Waals surface area contributed by atoms with E-state index >= 15 is 0 Å². The average Bonchev–Trinajstić information content (AvgIpc) is 3.03.